The fourth-order valence-electron chi connectivity index (χ4n) is 4.08. The van der Waals surface area contributed by atoms with Gasteiger partial charge in [-0.2, -0.15) is 5.10 Å². The molecule has 2 N–H and O–H groups in total. The fraction of sp³-hybridized carbons (Fsp3) is 0.0625. The third-order valence-corrected chi connectivity index (χ3v) is 8.89. The molecule has 13 heteroatoms. The highest BCUT2D eigenvalue weighted by atomic mass is 79.9. The quantitative estimate of drug-likeness (QED) is 0.0678. The van der Waals surface area contributed by atoms with Gasteiger partial charge in [-0.3, -0.25) is 9.59 Å². The van der Waals surface area contributed by atoms with Crippen molar-refractivity contribution in [2.75, 3.05) is 11.9 Å². The van der Waals surface area contributed by atoms with Crippen molar-refractivity contribution in [3.63, 3.8) is 0 Å². The molecule has 4 aromatic carbocycles. The Kier molecular flexibility index (Phi) is 10.4. The highest BCUT2D eigenvalue weighted by molar-refractivity contribution is 9.10. The van der Waals surface area contributed by atoms with E-state index in [1.807, 2.05) is 18.2 Å². The third kappa shape index (κ3) is 7.84. The Morgan fingerprint density at radius 1 is 0.911 bits per heavy atom. The third-order valence-electron chi connectivity index (χ3n) is 6.21. The summed E-state index contributed by atoms with van der Waals surface area (Å²) in [4.78, 5) is 38.4. The monoisotopic (exact) mass is 743 g/mol. The van der Waals surface area contributed by atoms with Crippen molar-refractivity contribution in [2.24, 2.45) is 5.10 Å². The van der Waals surface area contributed by atoms with Gasteiger partial charge in [0.15, 0.2) is 11.5 Å². The summed E-state index contributed by atoms with van der Waals surface area (Å²) in [6.45, 7) is 2.12. The second kappa shape index (κ2) is 14.4. The zero-order valence-electron chi connectivity index (χ0n) is 23.2. The number of carbonyl (C=O) groups excluding carboxylic acids is 3. The molecule has 1 aromatic heterocycles. The van der Waals surface area contributed by atoms with Crippen molar-refractivity contribution in [1.82, 2.24) is 5.43 Å². The number of halogens is 4. The second-order valence-corrected chi connectivity index (χ2v) is 12.5. The Morgan fingerprint density at radius 3 is 2.42 bits per heavy atom. The Labute approximate surface area is 285 Å². The molecule has 228 valence electrons. The van der Waals surface area contributed by atoms with Crippen molar-refractivity contribution in [2.45, 2.75) is 6.92 Å². The molecule has 5 rings (SSSR count). The zero-order valence-corrected chi connectivity index (χ0v) is 27.9. The van der Waals surface area contributed by atoms with E-state index in [1.54, 1.807) is 55.5 Å². The van der Waals surface area contributed by atoms with Gasteiger partial charge in [-0.05, 0) is 85.3 Å². The first-order chi connectivity index (χ1) is 21.6. The van der Waals surface area contributed by atoms with Crippen LogP contribution in [0.15, 0.2) is 88.4 Å². The number of thiophene rings is 1. The van der Waals surface area contributed by atoms with Crippen molar-refractivity contribution in [3.05, 3.63) is 120 Å². The zero-order chi connectivity index (χ0) is 32.1. The van der Waals surface area contributed by atoms with Gasteiger partial charge < -0.3 is 14.8 Å². The lowest BCUT2D eigenvalue weighted by Gasteiger charge is -2.11. The first-order valence-corrected chi connectivity index (χ1v) is 15.9. The summed E-state index contributed by atoms with van der Waals surface area (Å²) < 4.78 is 13.1. The van der Waals surface area contributed by atoms with Crippen LogP contribution in [0.5, 0.6) is 11.5 Å². The van der Waals surface area contributed by atoms with E-state index in [0.717, 1.165) is 14.6 Å². The number of fused-ring (bicyclic) bond motifs is 1. The summed E-state index contributed by atoms with van der Waals surface area (Å²) in [7, 11) is 0. The van der Waals surface area contributed by atoms with Crippen LogP contribution in [0.3, 0.4) is 0 Å². The Bertz CT molecular complexity index is 1960. The van der Waals surface area contributed by atoms with Crippen LogP contribution in [-0.4, -0.2) is 30.6 Å². The summed E-state index contributed by atoms with van der Waals surface area (Å²) in [6, 6.07) is 21.3. The second-order valence-electron chi connectivity index (χ2n) is 9.27. The van der Waals surface area contributed by atoms with Crippen molar-refractivity contribution >= 4 is 102 Å². The topological polar surface area (TPSA) is 106 Å². The first-order valence-electron chi connectivity index (χ1n) is 13.2. The highest BCUT2D eigenvalue weighted by Crippen LogP contribution is 2.38. The number of amides is 2. The molecule has 0 aliphatic carbocycles. The number of hydrazone groups is 1. The summed E-state index contributed by atoms with van der Waals surface area (Å²) >= 11 is 23.1. The molecule has 0 radical (unpaired) electrons. The molecule has 0 saturated heterocycles. The van der Waals surface area contributed by atoms with Crippen LogP contribution in [0, 0.1) is 0 Å². The van der Waals surface area contributed by atoms with Gasteiger partial charge in [-0.1, -0.05) is 56.8 Å². The van der Waals surface area contributed by atoms with E-state index in [2.05, 4.69) is 31.8 Å². The van der Waals surface area contributed by atoms with E-state index in [0.29, 0.717) is 39.2 Å². The van der Waals surface area contributed by atoms with Gasteiger partial charge in [0.2, 0.25) is 0 Å². The van der Waals surface area contributed by atoms with Crippen LogP contribution in [0.4, 0.5) is 5.69 Å². The van der Waals surface area contributed by atoms with Crippen molar-refractivity contribution in [1.29, 1.82) is 0 Å². The normalized spacial score (nSPS) is 11.0. The summed E-state index contributed by atoms with van der Waals surface area (Å²) in [5.41, 5.74) is 4.10. The molecule has 2 amide bonds. The maximum atomic E-state index is 13.0. The van der Waals surface area contributed by atoms with Gasteiger partial charge in [0.05, 0.1) is 28.4 Å². The van der Waals surface area contributed by atoms with Gasteiger partial charge in [-0.25, -0.2) is 10.2 Å². The number of hydrogen-bond donors (Lipinski definition) is 2. The lowest BCUT2D eigenvalue weighted by molar-refractivity contribution is 0.0733. The van der Waals surface area contributed by atoms with Gasteiger partial charge >= 0.3 is 5.97 Å². The number of nitrogens with one attached hydrogen (secondary N) is 2. The smallest absolute Gasteiger partial charge is 0.355 e. The molecule has 0 bridgehead atoms. The fourth-order valence-corrected chi connectivity index (χ4v) is 6.51. The van der Waals surface area contributed by atoms with Crippen LogP contribution < -0.4 is 20.2 Å². The molecule has 1 heterocycles. The molecule has 45 heavy (non-hydrogen) atoms. The highest BCUT2D eigenvalue weighted by Gasteiger charge is 2.21. The molecule has 8 nitrogen and oxygen atoms in total. The lowest BCUT2D eigenvalue weighted by Crippen LogP contribution is -2.18. The Morgan fingerprint density at radius 2 is 1.69 bits per heavy atom. The molecule has 0 unspecified atom stereocenters. The average Bonchev–Trinajstić information content (AvgIpc) is 3.34. The maximum absolute atomic E-state index is 13.0. The molecular formula is C32H21BrCl3N3O5S. The van der Waals surface area contributed by atoms with Gasteiger partial charge in [0.1, 0.15) is 4.88 Å². The van der Waals surface area contributed by atoms with E-state index < -0.39 is 17.8 Å². The largest absolute Gasteiger partial charge is 0.490 e. The molecule has 0 spiro atoms. The Hall–Kier alpha value is -3.93. The van der Waals surface area contributed by atoms with Gasteiger partial charge in [0, 0.05) is 30.8 Å². The van der Waals surface area contributed by atoms with E-state index >= 15 is 0 Å². The molecule has 0 fully saturated rings. The first kappa shape index (κ1) is 32.5. The number of carbonyl (C=O) groups is 3. The molecular weight excluding hydrogens is 725 g/mol. The van der Waals surface area contributed by atoms with Crippen LogP contribution in [0.25, 0.3) is 10.1 Å². The number of rotatable bonds is 9. The number of benzene rings is 4. The minimum Gasteiger partial charge on any atom is -0.490 e. The minimum atomic E-state index is -0.605. The lowest BCUT2D eigenvalue weighted by atomic mass is 10.1. The molecule has 0 saturated carbocycles. The number of esters is 1. The van der Waals surface area contributed by atoms with E-state index in [9.17, 15) is 14.4 Å². The predicted octanol–water partition coefficient (Wildman–Crippen LogP) is 9.26. The van der Waals surface area contributed by atoms with E-state index in [1.165, 1.54) is 29.7 Å². The molecule has 0 atom stereocenters. The summed E-state index contributed by atoms with van der Waals surface area (Å²) in [6.07, 6.45) is 1.43. The number of ether oxygens (including phenoxy) is 2. The Balaban J connectivity index is 1.21. The van der Waals surface area contributed by atoms with Crippen LogP contribution >= 0.6 is 62.1 Å². The maximum Gasteiger partial charge on any atom is 0.355 e. The summed E-state index contributed by atoms with van der Waals surface area (Å²) in [5.74, 6) is -0.955. The van der Waals surface area contributed by atoms with E-state index in [-0.39, 0.29) is 21.2 Å². The number of hydrogen-bond acceptors (Lipinski definition) is 7. The van der Waals surface area contributed by atoms with Crippen LogP contribution in [0.1, 0.15) is 42.9 Å². The molecule has 0 aliphatic heterocycles. The van der Waals surface area contributed by atoms with Gasteiger partial charge in [0.25, 0.3) is 11.8 Å². The van der Waals surface area contributed by atoms with E-state index in [4.69, 9.17) is 44.3 Å². The SMILES string of the molecule is CCOc1cc(/C=N\NC(=O)c2ccc(NC(=O)c3ccc(Cl)cc3Cl)cc2)ccc1OC(=O)c1sc2cc(Br)ccc2c1Cl. The van der Waals surface area contributed by atoms with Crippen LogP contribution in [-0.2, 0) is 0 Å². The molecule has 0 aliphatic rings. The molecule has 5 aromatic rings. The number of anilines is 1. The van der Waals surface area contributed by atoms with Crippen molar-refractivity contribution < 1.29 is 23.9 Å². The van der Waals surface area contributed by atoms with Crippen LogP contribution in [0.2, 0.25) is 15.1 Å². The number of nitrogens with zero attached hydrogens (tertiary/aromatic N) is 1. The minimum absolute atomic E-state index is 0.211. The van der Waals surface area contributed by atoms with Gasteiger partial charge in [-0.15, -0.1) is 11.3 Å². The summed E-state index contributed by atoms with van der Waals surface area (Å²) in [5, 5.41) is 8.48. The average molecular weight is 746 g/mol. The standard InChI is InChI=1S/C32H21BrCl3N3O5S/c1-2-43-26-13-17(3-12-25(26)44-32(42)29-28(36)23-10-6-19(33)14-27(23)45-29)16-37-39-30(40)18-4-8-21(9-5-18)38-31(41)22-11-7-20(34)15-24(22)35/h3-16H,2H2,1H3,(H,38,41)(H,39,40)/b37-16-. The van der Waals surface area contributed by atoms with Crippen molar-refractivity contribution in [3.8, 4) is 11.5 Å². The predicted molar refractivity (Wildman–Crippen MR) is 183 cm³/mol.